The molecule has 0 saturated carbocycles. The Hall–Kier alpha value is -1.02. The third kappa shape index (κ3) is 3.22. The molecule has 1 aliphatic rings. The summed E-state index contributed by atoms with van der Waals surface area (Å²) in [5.41, 5.74) is 1.32. The van der Waals surface area contributed by atoms with Gasteiger partial charge in [0, 0.05) is 6.42 Å². The minimum absolute atomic E-state index is 0.168. The van der Waals surface area contributed by atoms with Crippen LogP contribution in [0.5, 0.6) is 5.75 Å². The van der Waals surface area contributed by atoms with E-state index in [1.165, 1.54) is 5.56 Å². The molecule has 0 aromatic heterocycles. The molecular formula is C15H22O2. The van der Waals surface area contributed by atoms with Crippen molar-refractivity contribution in [2.75, 3.05) is 0 Å². The lowest BCUT2D eigenvalue weighted by molar-refractivity contribution is 0.108. The van der Waals surface area contributed by atoms with Crippen LogP contribution in [0.2, 0.25) is 0 Å². The van der Waals surface area contributed by atoms with E-state index in [9.17, 15) is 5.11 Å². The Kier molecular flexibility index (Phi) is 4.06. The maximum absolute atomic E-state index is 9.73. The summed E-state index contributed by atoms with van der Waals surface area (Å²) >= 11 is 0. The number of rotatable bonds is 5. The van der Waals surface area contributed by atoms with Gasteiger partial charge in [0.05, 0.1) is 6.10 Å². The highest BCUT2D eigenvalue weighted by Gasteiger charge is 2.22. The Morgan fingerprint density at radius 1 is 1.35 bits per heavy atom. The fraction of sp³-hybridized carbons (Fsp3) is 0.600. The number of aliphatic hydroxyl groups excluding tert-OH is 1. The molecule has 0 bridgehead atoms. The van der Waals surface area contributed by atoms with Crippen molar-refractivity contribution in [3.05, 3.63) is 29.8 Å². The molecule has 2 nitrogen and oxygen atoms in total. The monoisotopic (exact) mass is 234 g/mol. The van der Waals surface area contributed by atoms with Crippen LogP contribution in [0.25, 0.3) is 0 Å². The number of hydrogen-bond acceptors (Lipinski definition) is 2. The van der Waals surface area contributed by atoms with Crippen LogP contribution >= 0.6 is 0 Å². The number of ether oxygens (including phenoxy) is 1. The summed E-state index contributed by atoms with van der Waals surface area (Å²) in [6, 6.07) is 8.26. The highest BCUT2D eigenvalue weighted by Crippen LogP contribution is 2.30. The van der Waals surface area contributed by atoms with E-state index in [0.29, 0.717) is 12.0 Å². The first-order valence-electron chi connectivity index (χ1n) is 6.59. The van der Waals surface area contributed by atoms with Crippen molar-refractivity contribution in [2.45, 2.75) is 51.7 Å². The van der Waals surface area contributed by atoms with Gasteiger partial charge in [-0.1, -0.05) is 32.0 Å². The molecule has 94 valence electrons. The van der Waals surface area contributed by atoms with Crippen molar-refractivity contribution in [3.8, 4) is 5.75 Å². The van der Waals surface area contributed by atoms with Crippen LogP contribution < -0.4 is 4.74 Å². The Labute approximate surface area is 104 Å². The van der Waals surface area contributed by atoms with Crippen LogP contribution in [-0.2, 0) is 6.42 Å². The SMILES string of the molecule is CC(C)C(O)CCCC1Cc2ccccc2O1. The average molecular weight is 234 g/mol. The first kappa shape index (κ1) is 12.4. The Bertz CT molecular complexity index is 335. The van der Waals surface area contributed by atoms with Gasteiger partial charge in [0.2, 0.25) is 0 Å². The Morgan fingerprint density at radius 3 is 2.82 bits per heavy atom. The molecule has 2 atom stereocenters. The van der Waals surface area contributed by atoms with E-state index in [0.717, 1.165) is 31.4 Å². The highest BCUT2D eigenvalue weighted by atomic mass is 16.5. The van der Waals surface area contributed by atoms with Gasteiger partial charge in [-0.2, -0.15) is 0 Å². The van der Waals surface area contributed by atoms with Crippen molar-refractivity contribution >= 4 is 0 Å². The van der Waals surface area contributed by atoms with Crippen molar-refractivity contribution < 1.29 is 9.84 Å². The molecule has 0 fully saturated rings. The average Bonchev–Trinajstić information content (AvgIpc) is 2.71. The summed E-state index contributed by atoms with van der Waals surface area (Å²) in [5, 5.41) is 9.73. The second-order valence-electron chi connectivity index (χ2n) is 5.29. The standard InChI is InChI=1S/C15H22O2/c1-11(2)14(16)8-5-7-13-10-12-6-3-4-9-15(12)17-13/h3-4,6,9,11,13-14,16H,5,7-8,10H2,1-2H3. The molecule has 2 unspecified atom stereocenters. The van der Waals surface area contributed by atoms with Crippen LogP contribution in [0, 0.1) is 5.92 Å². The first-order valence-corrected chi connectivity index (χ1v) is 6.59. The molecule has 1 aliphatic heterocycles. The summed E-state index contributed by atoms with van der Waals surface area (Å²) in [7, 11) is 0. The lowest BCUT2D eigenvalue weighted by Gasteiger charge is -2.15. The minimum atomic E-state index is -0.168. The van der Waals surface area contributed by atoms with Gasteiger partial charge in [0.25, 0.3) is 0 Å². The number of fused-ring (bicyclic) bond motifs is 1. The first-order chi connectivity index (χ1) is 8.16. The zero-order valence-corrected chi connectivity index (χ0v) is 10.7. The minimum Gasteiger partial charge on any atom is -0.490 e. The molecule has 0 spiro atoms. The summed E-state index contributed by atoms with van der Waals surface area (Å²) in [4.78, 5) is 0. The molecule has 0 radical (unpaired) electrons. The van der Waals surface area contributed by atoms with Crippen molar-refractivity contribution in [3.63, 3.8) is 0 Å². The van der Waals surface area contributed by atoms with Crippen LogP contribution in [0.1, 0.15) is 38.7 Å². The van der Waals surface area contributed by atoms with Crippen LogP contribution in [0.4, 0.5) is 0 Å². The summed E-state index contributed by atoms with van der Waals surface area (Å²) in [5.74, 6) is 1.40. The molecule has 1 heterocycles. The van der Waals surface area contributed by atoms with Crippen LogP contribution in [0.15, 0.2) is 24.3 Å². The number of aliphatic hydroxyl groups is 1. The zero-order valence-electron chi connectivity index (χ0n) is 10.7. The fourth-order valence-corrected chi connectivity index (χ4v) is 2.30. The molecule has 2 heteroatoms. The fourth-order valence-electron chi connectivity index (χ4n) is 2.30. The number of benzene rings is 1. The quantitative estimate of drug-likeness (QED) is 0.848. The maximum atomic E-state index is 9.73. The van der Waals surface area contributed by atoms with Crippen molar-refractivity contribution in [1.82, 2.24) is 0 Å². The van der Waals surface area contributed by atoms with E-state index in [4.69, 9.17) is 4.74 Å². The van der Waals surface area contributed by atoms with E-state index in [1.54, 1.807) is 0 Å². The maximum Gasteiger partial charge on any atom is 0.123 e. The Morgan fingerprint density at radius 2 is 2.12 bits per heavy atom. The predicted molar refractivity (Wildman–Crippen MR) is 69.3 cm³/mol. The molecule has 0 aliphatic carbocycles. The van der Waals surface area contributed by atoms with Gasteiger partial charge in [-0.3, -0.25) is 0 Å². The number of hydrogen-bond donors (Lipinski definition) is 1. The van der Waals surface area contributed by atoms with E-state index < -0.39 is 0 Å². The molecule has 1 aromatic carbocycles. The van der Waals surface area contributed by atoms with Crippen LogP contribution in [-0.4, -0.2) is 17.3 Å². The Balaban J connectivity index is 1.73. The third-order valence-electron chi connectivity index (χ3n) is 3.51. The highest BCUT2D eigenvalue weighted by molar-refractivity contribution is 5.37. The van der Waals surface area contributed by atoms with E-state index in [1.807, 2.05) is 12.1 Å². The van der Waals surface area contributed by atoms with Gasteiger partial charge in [0.1, 0.15) is 11.9 Å². The normalized spacial score (nSPS) is 20.1. The number of para-hydroxylation sites is 1. The van der Waals surface area contributed by atoms with Crippen molar-refractivity contribution in [1.29, 1.82) is 0 Å². The smallest absolute Gasteiger partial charge is 0.123 e. The van der Waals surface area contributed by atoms with Gasteiger partial charge < -0.3 is 9.84 Å². The van der Waals surface area contributed by atoms with E-state index in [-0.39, 0.29) is 6.10 Å². The molecule has 1 N–H and O–H groups in total. The van der Waals surface area contributed by atoms with Gasteiger partial charge in [-0.15, -0.1) is 0 Å². The van der Waals surface area contributed by atoms with Gasteiger partial charge in [-0.25, -0.2) is 0 Å². The predicted octanol–water partition coefficient (Wildman–Crippen LogP) is 3.18. The molecule has 2 rings (SSSR count). The lowest BCUT2D eigenvalue weighted by Crippen LogP contribution is -2.17. The zero-order chi connectivity index (χ0) is 12.3. The summed E-state index contributed by atoms with van der Waals surface area (Å²) in [6.07, 6.45) is 4.13. The molecular weight excluding hydrogens is 212 g/mol. The molecule has 0 amide bonds. The molecule has 1 aromatic rings. The van der Waals surface area contributed by atoms with Crippen molar-refractivity contribution in [2.24, 2.45) is 5.92 Å². The van der Waals surface area contributed by atoms with Gasteiger partial charge in [-0.05, 0) is 36.8 Å². The van der Waals surface area contributed by atoms with E-state index in [2.05, 4.69) is 26.0 Å². The third-order valence-corrected chi connectivity index (χ3v) is 3.51. The largest absolute Gasteiger partial charge is 0.490 e. The second kappa shape index (κ2) is 5.54. The topological polar surface area (TPSA) is 29.5 Å². The van der Waals surface area contributed by atoms with Gasteiger partial charge in [0.15, 0.2) is 0 Å². The molecule has 17 heavy (non-hydrogen) atoms. The summed E-state index contributed by atoms with van der Waals surface area (Å²) < 4.78 is 5.87. The molecule has 0 saturated heterocycles. The summed E-state index contributed by atoms with van der Waals surface area (Å²) in [6.45, 7) is 4.12. The lowest BCUT2D eigenvalue weighted by atomic mass is 9.99. The second-order valence-corrected chi connectivity index (χ2v) is 5.29. The van der Waals surface area contributed by atoms with E-state index >= 15 is 0 Å². The van der Waals surface area contributed by atoms with Crippen LogP contribution in [0.3, 0.4) is 0 Å². The van der Waals surface area contributed by atoms with Gasteiger partial charge >= 0.3 is 0 Å².